The van der Waals surface area contributed by atoms with Crippen LogP contribution in [0.2, 0.25) is 5.02 Å². The molecule has 1 N–H and O–H groups in total. The lowest BCUT2D eigenvalue weighted by Gasteiger charge is -2.40. The van der Waals surface area contributed by atoms with E-state index in [9.17, 15) is 14.7 Å². The smallest absolute Gasteiger partial charge is 0.335 e. The van der Waals surface area contributed by atoms with Crippen LogP contribution in [0.1, 0.15) is 40.7 Å². The van der Waals surface area contributed by atoms with E-state index in [2.05, 4.69) is 11.0 Å². The molecule has 1 heterocycles. The molecule has 2 aromatic rings. The molecule has 0 saturated heterocycles. The SMILES string of the molecule is O=C[C@@H]1CC[C@H]1CN1CC2(CCc3cc(Cl)ccc32)COc2ccc(C(=O)O)cc21. The van der Waals surface area contributed by atoms with Crippen molar-refractivity contribution < 1.29 is 19.4 Å². The third-order valence-electron chi connectivity index (χ3n) is 7.16. The summed E-state index contributed by atoms with van der Waals surface area (Å²) in [5.74, 6) is 0.143. The van der Waals surface area contributed by atoms with Gasteiger partial charge >= 0.3 is 5.97 Å². The molecule has 30 heavy (non-hydrogen) atoms. The fourth-order valence-corrected chi connectivity index (χ4v) is 5.48. The lowest BCUT2D eigenvalue weighted by atomic mass is 9.74. The normalized spacial score (nSPS) is 26.9. The van der Waals surface area contributed by atoms with Gasteiger partial charge in [-0.1, -0.05) is 17.7 Å². The zero-order valence-electron chi connectivity index (χ0n) is 16.6. The lowest BCUT2D eigenvalue weighted by Crippen LogP contribution is -2.46. The molecule has 0 aromatic heterocycles. The molecule has 3 atom stereocenters. The average molecular weight is 426 g/mol. The molecule has 2 aromatic carbocycles. The Morgan fingerprint density at radius 2 is 2.13 bits per heavy atom. The average Bonchev–Trinajstić information content (AvgIpc) is 2.97. The number of carbonyl (C=O) groups excluding carboxylic acids is 1. The molecule has 3 aliphatic rings. The van der Waals surface area contributed by atoms with E-state index in [-0.39, 0.29) is 16.9 Å². The number of fused-ring (bicyclic) bond motifs is 3. The molecule has 2 aliphatic carbocycles. The Morgan fingerprint density at radius 1 is 1.27 bits per heavy atom. The maximum Gasteiger partial charge on any atom is 0.335 e. The number of carboxylic acids is 1. The zero-order chi connectivity index (χ0) is 20.9. The molecule has 1 spiro atoms. The van der Waals surface area contributed by atoms with Crippen LogP contribution in [0, 0.1) is 11.8 Å². The first-order chi connectivity index (χ1) is 14.5. The molecule has 0 bridgehead atoms. The summed E-state index contributed by atoms with van der Waals surface area (Å²) in [5, 5.41) is 10.3. The summed E-state index contributed by atoms with van der Waals surface area (Å²) in [4.78, 5) is 25.3. The molecule has 1 fully saturated rings. The maximum absolute atomic E-state index is 11.6. The summed E-state index contributed by atoms with van der Waals surface area (Å²) in [7, 11) is 0. The number of ether oxygens (including phenoxy) is 1. The van der Waals surface area contributed by atoms with Crippen LogP contribution in [0.15, 0.2) is 36.4 Å². The fourth-order valence-electron chi connectivity index (χ4n) is 5.29. The molecule has 1 unspecified atom stereocenters. The van der Waals surface area contributed by atoms with Crippen molar-refractivity contribution in [3.8, 4) is 5.75 Å². The van der Waals surface area contributed by atoms with E-state index < -0.39 is 5.97 Å². The van der Waals surface area contributed by atoms with Crippen LogP contribution in [0.4, 0.5) is 5.69 Å². The molecule has 5 rings (SSSR count). The molecule has 0 amide bonds. The van der Waals surface area contributed by atoms with Crippen molar-refractivity contribution in [3.05, 3.63) is 58.1 Å². The van der Waals surface area contributed by atoms with Gasteiger partial charge in [-0.05, 0) is 73.1 Å². The van der Waals surface area contributed by atoms with Crippen molar-refractivity contribution in [2.45, 2.75) is 31.1 Å². The van der Waals surface area contributed by atoms with Gasteiger partial charge in [0.05, 0.1) is 17.9 Å². The second-order valence-corrected chi connectivity index (χ2v) is 9.31. The van der Waals surface area contributed by atoms with E-state index in [4.69, 9.17) is 16.3 Å². The van der Waals surface area contributed by atoms with Gasteiger partial charge in [0.1, 0.15) is 12.0 Å². The van der Waals surface area contributed by atoms with Crippen molar-refractivity contribution in [2.75, 3.05) is 24.6 Å². The number of rotatable bonds is 4. The Labute approximate surface area is 180 Å². The van der Waals surface area contributed by atoms with Crippen LogP contribution in [0.5, 0.6) is 5.75 Å². The zero-order valence-corrected chi connectivity index (χ0v) is 17.4. The van der Waals surface area contributed by atoms with Crippen LogP contribution in [0.25, 0.3) is 0 Å². The van der Waals surface area contributed by atoms with Gasteiger partial charge in [-0.3, -0.25) is 0 Å². The molecule has 5 nitrogen and oxygen atoms in total. The maximum atomic E-state index is 11.6. The predicted molar refractivity (Wildman–Crippen MR) is 115 cm³/mol. The Balaban J connectivity index is 1.55. The van der Waals surface area contributed by atoms with E-state index in [1.165, 1.54) is 11.1 Å². The van der Waals surface area contributed by atoms with E-state index in [1.54, 1.807) is 18.2 Å². The highest BCUT2D eigenvalue weighted by atomic mass is 35.5. The molecular weight excluding hydrogens is 402 g/mol. The minimum Gasteiger partial charge on any atom is -0.490 e. The minimum absolute atomic E-state index is 0.0888. The van der Waals surface area contributed by atoms with E-state index in [0.717, 1.165) is 55.8 Å². The van der Waals surface area contributed by atoms with Gasteiger partial charge < -0.3 is 19.5 Å². The third-order valence-corrected chi connectivity index (χ3v) is 7.40. The number of aryl methyl sites for hydroxylation is 1. The van der Waals surface area contributed by atoms with Crippen LogP contribution >= 0.6 is 11.6 Å². The van der Waals surface area contributed by atoms with Gasteiger partial charge in [0, 0.05) is 29.4 Å². The van der Waals surface area contributed by atoms with Gasteiger partial charge in [0.25, 0.3) is 0 Å². The lowest BCUT2D eigenvalue weighted by molar-refractivity contribution is -0.115. The van der Waals surface area contributed by atoms with Crippen molar-refractivity contribution in [1.82, 2.24) is 0 Å². The molecular formula is C24H24ClNO4. The Morgan fingerprint density at radius 3 is 2.87 bits per heavy atom. The van der Waals surface area contributed by atoms with E-state index >= 15 is 0 Å². The number of hydrogen-bond donors (Lipinski definition) is 1. The molecule has 1 aliphatic heterocycles. The van der Waals surface area contributed by atoms with Crippen molar-refractivity contribution in [2.24, 2.45) is 11.8 Å². The first-order valence-electron chi connectivity index (χ1n) is 10.5. The summed E-state index contributed by atoms with van der Waals surface area (Å²) in [6, 6.07) is 11.2. The van der Waals surface area contributed by atoms with Crippen molar-refractivity contribution in [3.63, 3.8) is 0 Å². The van der Waals surface area contributed by atoms with E-state index in [1.807, 2.05) is 12.1 Å². The number of anilines is 1. The van der Waals surface area contributed by atoms with Gasteiger partial charge in [0.15, 0.2) is 0 Å². The van der Waals surface area contributed by atoms with Gasteiger partial charge in [0.2, 0.25) is 0 Å². The number of benzene rings is 2. The monoisotopic (exact) mass is 425 g/mol. The van der Waals surface area contributed by atoms with Crippen molar-refractivity contribution in [1.29, 1.82) is 0 Å². The summed E-state index contributed by atoms with van der Waals surface area (Å²) < 4.78 is 6.29. The highest BCUT2D eigenvalue weighted by Gasteiger charge is 2.44. The predicted octanol–water partition coefficient (Wildman–Crippen LogP) is 4.35. The number of nitrogens with zero attached hydrogens (tertiary/aromatic N) is 1. The second-order valence-electron chi connectivity index (χ2n) is 8.88. The Kier molecular flexibility index (Phi) is 4.73. The number of aromatic carboxylic acids is 1. The Hall–Kier alpha value is -2.53. The van der Waals surface area contributed by atoms with Crippen molar-refractivity contribution >= 4 is 29.5 Å². The molecule has 1 saturated carbocycles. The number of carbonyl (C=O) groups is 2. The molecule has 156 valence electrons. The largest absolute Gasteiger partial charge is 0.490 e. The summed E-state index contributed by atoms with van der Waals surface area (Å²) >= 11 is 6.23. The first-order valence-corrected chi connectivity index (χ1v) is 10.9. The summed E-state index contributed by atoms with van der Waals surface area (Å²) in [6.07, 6.45) is 4.94. The van der Waals surface area contributed by atoms with Crippen LogP contribution in [-0.2, 0) is 16.6 Å². The summed E-state index contributed by atoms with van der Waals surface area (Å²) in [5.41, 5.74) is 3.41. The van der Waals surface area contributed by atoms with Crippen LogP contribution in [-0.4, -0.2) is 37.1 Å². The summed E-state index contributed by atoms with van der Waals surface area (Å²) in [6.45, 7) is 2.01. The van der Waals surface area contributed by atoms with Crippen LogP contribution < -0.4 is 9.64 Å². The fraction of sp³-hybridized carbons (Fsp3) is 0.417. The number of hydrogen-bond acceptors (Lipinski definition) is 4. The highest BCUT2D eigenvalue weighted by Crippen LogP contribution is 2.46. The highest BCUT2D eigenvalue weighted by molar-refractivity contribution is 6.30. The molecule has 6 heteroatoms. The first kappa shape index (κ1) is 19.4. The standard InChI is InChI=1S/C24H24ClNO4/c25-19-4-5-20-15(9-19)7-8-24(20)13-26(11-17-1-2-18(17)12-27)21-10-16(23(28)29)3-6-22(21)30-14-24/h3-6,9-10,12,17-18H,1-2,7-8,11,13-14H2,(H,28,29)/t17-,18-,24?/m0/s1. The minimum atomic E-state index is -0.952. The second kappa shape index (κ2) is 7.31. The van der Waals surface area contributed by atoms with Crippen LogP contribution in [0.3, 0.4) is 0 Å². The van der Waals surface area contributed by atoms with Gasteiger partial charge in [-0.25, -0.2) is 4.79 Å². The van der Waals surface area contributed by atoms with Gasteiger partial charge in [-0.15, -0.1) is 0 Å². The number of aldehydes is 1. The number of halogens is 1. The Bertz CT molecular complexity index is 1020. The number of carboxylic acid groups (broad SMARTS) is 1. The third kappa shape index (κ3) is 3.16. The quantitative estimate of drug-likeness (QED) is 0.738. The van der Waals surface area contributed by atoms with Gasteiger partial charge in [-0.2, -0.15) is 0 Å². The van der Waals surface area contributed by atoms with E-state index in [0.29, 0.717) is 18.3 Å². The topological polar surface area (TPSA) is 66.8 Å². The molecule has 0 radical (unpaired) electrons.